The molecule has 0 radical (unpaired) electrons. The van der Waals surface area contributed by atoms with Crippen LogP contribution < -0.4 is 0 Å². The first-order chi connectivity index (χ1) is 11.2. The Hall–Kier alpha value is -2.28. The summed E-state index contributed by atoms with van der Waals surface area (Å²) in [6, 6.07) is 5.62. The lowest BCUT2D eigenvalue weighted by molar-refractivity contribution is -0.130. The third-order valence-electron chi connectivity index (χ3n) is 4.48. The standard InChI is InChI=1S/C16H18N4O3/c1-10-18-16(19-23-10)13-6-11-8-20(9-14(11)22-13)15(21)7-12-4-2-3-5-17-12/h2-5,11,13-14H,6-9H2,1H3/t11-,13-,14+/m0/s1. The summed E-state index contributed by atoms with van der Waals surface area (Å²) in [5, 5.41) is 3.94. The van der Waals surface area contributed by atoms with Crippen LogP contribution in [0.5, 0.6) is 0 Å². The van der Waals surface area contributed by atoms with Gasteiger partial charge in [-0.05, 0) is 18.6 Å². The van der Waals surface area contributed by atoms with Crippen LogP contribution in [-0.4, -0.2) is 45.1 Å². The van der Waals surface area contributed by atoms with E-state index in [-0.39, 0.29) is 18.1 Å². The van der Waals surface area contributed by atoms with Crippen LogP contribution in [0.3, 0.4) is 0 Å². The van der Waals surface area contributed by atoms with E-state index in [1.54, 1.807) is 13.1 Å². The van der Waals surface area contributed by atoms with Gasteiger partial charge < -0.3 is 14.2 Å². The summed E-state index contributed by atoms with van der Waals surface area (Å²) in [6.07, 6.45) is 2.83. The molecule has 4 rings (SSSR count). The van der Waals surface area contributed by atoms with Crippen LogP contribution in [0.4, 0.5) is 0 Å². The fourth-order valence-corrected chi connectivity index (χ4v) is 3.35. The fourth-order valence-electron chi connectivity index (χ4n) is 3.35. The van der Waals surface area contributed by atoms with Crippen LogP contribution in [0.25, 0.3) is 0 Å². The van der Waals surface area contributed by atoms with Gasteiger partial charge in [-0.2, -0.15) is 4.98 Å². The van der Waals surface area contributed by atoms with Gasteiger partial charge in [-0.25, -0.2) is 0 Å². The molecule has 7 heteroatoms. The zero-order valence-corrected chi connectivity index (χ0v) is 12.9. The minimum atomic E-state index is -0.115. The predicted molar refractivity (Wildman–Crippen MR) is 79.3 cm³/mol. The van der Waals surface area contributed by atoms with Crippen LogP contribution >= 0.6 is 0 Å². The number of hydrogen-bond acceptors (Lipinski definition) is 6. The molecular weight excluding hydrogens is 296 g/mol. The van der Waals surface area contributed by atoms with E-state index in [9.17, 15) is 4.79 Å². The van der Waals surface area contributed by atoms with Gasteiger partial charge in [0.2, 0.25) is 17.6 Å². The number of rotatable bonds is 3. The van der Waals surface area contributed by atoms with Crippen LogP contribution in [0.1, 0.15) is 29.9 Å². The van der Waals surface area contributed by atoms with Crippen LogP contribution in [0.15, 0.2) is 28.9 Å². The highest BCUT2D eigenvalue weighted by Gasteiger charge is 2.45. The van der Waals surface area contributed by atoms with Crippen molar-refractivity contribution in [2.45, 2.75) is 32.0 Å². The summed E-state index contributed by atoms with van der Waals surface area (Å²) in [4.78, 5) is 22.7. The van der Waals surface area contributed by atoms with E-state index in [0.29, 0.717) is 30.6 Å². The largest absolute Gasteiger partial charge is 0.365 e. The molecule has 1 amide bonds. The van der Waals surface area contributed by atoms with Crippen LogP contribution in [0, 0.1) is 12.8 Å². The van der Waals surface area contributed by atoms with Gasteiger partial charge in [0.15, 0.2) is 0 Å². The molecule has 0 N–H and O–H groups in total. The molecule has 120 valence electrons. The molecule has 2 aliphatic rings. The Labute approximate surface area is 133 Å². The highest BCUT2D eigenvalue weighted by Crippen LogP contribution is 2.39. The second-order valence-corrected chi connectivity index (χ2v) is 6.13. The lowest BCUT2D eigenvalue weighted by atomic mass is 10.0. The first kappa shape index (κ1) is 14.3. The van der Waals surface area contributed by atoms with Gasteiger partial charge in [0.25, 0.3) is 0 Å². The maximum atomic E-state index is 12.4. The molecule has 2 aromatic heterocycles. The molecule has 2 aromatic rings. The van der Waals surface area contributed by atoms with Gasteiger partial charge in [-0.15, -0.1) is 0 Å². The van der Waals surface area contributed by atoms with E-state index in [4.69, 9.17) is 9.26 Å². The van der Waals surface area contributed by atoms with Crippen molar-refractivity contribution in [1.29, 1.82) is 0 Å². The Morgan fingerprint density at radius 3 is 3.00 bits per heavy atom. The van der Waals surface area contributed by atoms with E-state index in [0.717, 1.165) is 18.7 Å². The quantitative estimate of drug-likeness (QED) is 0.849. The summed E-state index contributed by atoms with van der Waals surface area (Å²) in [6.45, 7) is 3.12. The van der Waals surface area contributed by atoms with Gasteiger partial charge in [-0.1, -0.05) is 11.2 Å². The number of likely N-dealkylation sites (tertiary alicyclic amines) is 1. The maximum absolute atomic E-state index is 12.4. The number of aryl methyl sites for hydroxylation is 1. The Kier molecular flexibility index (Phi) is 3.57. The molecule has 0 saturated carbocycles. The smallest absolute Gasteiger partial charge is 0.228 e. The van der Waals surface area contributed by atoms with Crippen molar-refractivity contribution in [3.63, 3.8) is 0 Å². The van der Waals surface area contributed by atoms with Crippen molar-refractivity contribution >= 4 is 5.91 Å². The summed E-state index contributed by atoms with van der Waals surface area (Å²) < 4.78 is 11.0. The average molecular weight is 314 g/mol. The van der Waals surface area contributed by atoms with Crippen molar-refractivity contribution in [2.24, 2.45) is 5.92 Å². The first-order valence-corrected chi connectivity index (χ1v) is 7.82. The van der Waals surface area contributed by atoms with Gasteiger partial charge in [0, 0.05) is 37.8 Å². The molecule has 2 fully saturated rings. The SMILES string of the molecule is Cc1nc([C@@H]2C[C@H]3CN(C(=O)Cc4ccccn4)C[C@H]3O2)no1. The number of carbonyl (C=O) groups is 1. The summed E-state index contributed by atoms with van der Waals surface area (Å²) in [5.74, 6) is 1.61. The van der Waals surface area contributed by atoms with Gasteiger partial charge in [-0.3, -0.25) is 9.78 Å². The highest BCUT2D eigenvalue weighted by atomic mass is 16.5. The minimum absolute atomic E-state index is 0.0616. The van der Waals surface area contributed by atoms with Gasteiger partial charge in [0.1, 0.15) is 6.10 Å². The zero-order valence-electron chi connectivity index (χ0n) is 12.9. The van der Waals surface area contributed by atoms with E-state index < -0.39 is 0 Å². The summed E-state index contributed by atoms with van der Waals surface area (Å²) in [7, 11) is 0. The van der Waals surface area contributed by atoms with Crippen molar-refractivity contribution in [2.75, 3.05) is 13.1 Å². The molecule has 4 heterocycles. The number of aromatic nitrogens is 3. The molecule has 0 aliphatic carbocycles. The summed E-state index contributed by atoms with van der Waals surface area (Å²) in [5.41, 5.74) is 0.802. The Balaban J connectivity index is 1.36. The Morgan fingerprint density at radius 2 is 2.30 bits per heavy atom. The molecule has 23 heavy (non-hydrogen) atoms. The number of hydrogen-bond donors (Lipinski definition) is 0. The van der Waals surface area contributed by atoms with E-state index in [1.165, 1.54) is 0 Å². The van der Waals surface area contributed by atoms with Gasteiger partial charge >= 0.3 is 0 Å². The molecule has 0 aromatic carbocycles. The fraction of sp³-hybridized carbons (Fsp3) is 0.500. The Morgan fingerprint density at radius 1 is 1.39 bits per heavy atom. The second kappa shape index (κ2) is 5.73. The topological polar surface area (TPSA) is 81.4 Å². The van der Waals surface area contributed by atoms with Crippen molar-refractivity contribution < 1.29 is 14.1 Å². The maximum Gasteiger partial charge on any atom is 0.228 e. The van der Waals surface area contributed by atoms with E-state index in [2.05, 4.69) is 15.1 Å². The number of carbonyl (C=O) groups excluding carboxylic acids is 1. The number of ether oxygens (including phenoxy) is 1. The molecule has 3 atom stereocenters. The van der Waals surface area contributed by atoms with E-state index in [1.807, 2.05) is 23.1 Å². The molecule has 2 aliphatic heterocycles. The number of nitrogens with zero attached hydrogens (tertiary/aromatic N) is 4. The number of amides is 1. The number of fused-ring (bicyclic) bond motifs is 1. The highest BCUT2D eigenvalue weighted by molar-refractivity contribution is 5.78. The van der Waals surface area contributed by atoms with Crippen molar-refractivity contribution in [3.05, 3.63) is 41.8 Å². The zero-order chi connectivity index (χ0) is 15.8. The van der Waals surface area contributed by atoms with Crippen LogP contribution in [0.2, 0.25) is 0 Å². The normalized spacial score (nSPS) is 26.5. The summed E-state index contributed by atoms with van der Waals surface area (Å²) >= 11 is 0. The average Bonchev–Trinajstić information content (AvgIpc) is 3.21. The minimum Gasteiger partial charge on any atom is -0.365 e. The molecule has 0 unspecified atom stereocenters. The van der Waals surface area contributed by atoms with Gasteiger partial charge in [0.05, 0.1) is 12.5 Å². The van der Waals surface area contributed by atoms with E-state index >= 15 is 0 Å². The molecule has 0 spiro atoms. The Bertz CT molecular complexity index is 688. The molecule has 2 saturated heterocycles. The van der Waals surface area contributed by atoms with Crippen LogP contribution in [-0.2, 0) is 16.0 Å². The second-order valence-electron chi connectivity index (χ2n) is 6.13. The third-order valence-corrected chi connectivity index (χ3v) is 4.48. The first-order valence-electron chi connectivity index (χ1n) is 7.82. The third kappa shape index (κ3) is 2.84. The lowest BCUT2D eigenvalue weighted by Crippen LogP contribution is -2.32. The predicted octanol–water partition coefficient (Wildman–Crippen LogP) is 1.30. The lowest BCUT2D eigenvalue weighted by Gasteiger charge is -2.18. The molecule has 0 bridgehead atoms. The van der Waals surface area contributed by atoms with Crippen molar-refractivity contribution in [3.8, 4) is 0 Å². The number of pyridine rings is 1. The monoisotopic (exact) mass is 314 g/mol. The molecular formula is C16H18N4O3. The molecule has 7 nitrogen and oxygen atoms in total. The van der Waals surface area contributed by atoms with Crippen molar-refractivity contribution in [1.82, 2.24) is 20.0 Å².